The third-order valence-electron chi connectivity index (χ3n) is 6.29. The lowest BCUT2D eigenvalue weighted by Gasteiger charge is -2.45. The van der Waals surface area contributed by atoms with Crippen LogP contribution < -0.4 is 15.1 Å². The summed E-state index contributed by atoms with van der Waals surface area (Å²) < 4.78 is 5.52. The van der Waals surface area contributed by atoms with Gasteiger partial charge in [0.15, 0.2) is 0 Å². The molecule has 4 rings (SSSR count). The molecule has 1 N–H and O–H groups in total. The van der Waals surface area contributed by atoms with Crippen molar-refractivity contribution in [3.8, 4) is 0 Å². The van der Waals surface area contributed by atoms with Gasteiger partial charge in [-0.1, -0.05) is 13.8 Å². The second-order valence-corrected chi connectivity index (χ2v) is 8.23. The monoisotopic (exact) mass is 409 g/mol. The van der Waals surface area contributed by atoms with Gasteiger partial charge in [0.1, 0.15) is 5.82 Å². The molecule has 3 atom stereocenters. The van der Waals surface area contributed by atoms with E-state index in [1.807, 2.05) is 11.8 Å². The number of carbonyl (C=O) groups excluding carboxylic acids is 1. The molecule has 1 aromatic carbocycles. The lowest BCUT2D eigenvalue weighted by Crippen LogP contribution is -2.49. The number of aryl methyl sites for hydroxylation is 1. The number of hydrogen-bond donors (Lipinski definition) is 1. The predicted octanol–water partition coefficient (Wildman–Crippen LogP) is 3.56. The zero-order chi connectivity index (χ0) is 21.3. The number of aromatic nitrogens is 2. The number of amides is 1. The molecule has 160 valence electrons. The van der Waals surface area contributed by atoms with E-state index < -0.39 is 0 Å². The number of morpholine rings is 1. The summed E-state index contributed by atoms with van der Waals surface area (Å²) in [5, 5.41) is 3.61. The molecular weight excluding hydrogens is 378 g/mol. The zero-order valence-electron chi connectivity index (χ0n) is 18.3. The predicted molar refractivity (Wildman–Crippen MR) is 119 cm³/mol. The summed E-state index contributed by atoms with van der Waals surface area (Å²) in [6, 6.07) is 6.63. The van der Waals surface area contributed by atoms with E-state index in [1.54, 1.807) is 19.3 Å². The van der Waals surface area contributed by atoms with Gasteiger partial charge in [0.05, 0.1) is 37.3 Å². The summed E-state index contributed by atoms with van der Waals surface area (Å²) in [6.07, 6.45) is 4.45. The Morgan fingerprint density at radius 2 is 2.00 bits per heavy atom. The topological polar surface area (TPSA) is 70.6 Å². The highest BCUT2D eigenvalue weighted by Gasteiger charge is 2.40. The minimum Gasteiger partial charge on any atom is -0.378 e. The summed E-state index contributed by atoms with van der Waals surface area (Å²) in [7, 11) is 0. The van der Waals surface area contributed by atoms with Crippen LogP contribution in [0.5, 0.6) is 0 Å². The summed E-state index contributed by atoms with van der Waals surface area (Å²) in [5.41, 5.74) is 4.18. The quantitative estimate of drug-likeness (QED) is 0.833. The van der Waals surface area contributed by atoms with Gasteiger partial charge in [0.25, 0.3) is 0 Å². The van der Waals surface area contributed by atoms with Gasteiger partial charge in [0, 0.05) is 48.9 Å². The van der Waals surface area contributed by atoms with Crippen LogP contribution in [0, 0.1) is 12.8 Å². The number of carbonyl (C=O) groups is 1. The second kappa shape index (κ2) is 8.60. The highest BCUT2D eigenvalue weighted by atomic mass is 16.5. The third-order valence-corrected chi connectivity index (χ3v) is 6.29. The van der Waals surface area contributed by atoms with Crippen molar-refractivity contribution >= 4 is 23.1 Å². The van der Waals surface area contributed by atoms with Crippen molar-refractivity contribution in [2.24, 2.45) is 5.92 Å². The molecule has 3 heterocycles. The van der Waals surface area contributed by atoms with Crippen LogP contribution in [0.2, 0.25) is 0 Å². The Morgan fingerprint density at radius 3 is 2.63 bits per heavy atom. The minimum absolute atomic E-state index is 0.0403. The van der Waals surface area contributed by atoms with Crippen molar-refractivity contribution in [1.82, 2.24) is 9.97 Å². The number of nitrogens with zero attached hydrogens (tertiary/aromatic N) is 4. The average Bonchev–Trinajstić information content (AvgIpc) is 2.76. The molecule has 30 heavy (non-hydrogen) atoms. The van der Waals surface area contributed by atoms with Crippen LogP contribution in [-0.2, 0) is 9.53 Å². The van der Waals surface area contributed by atoms with Gasteiger partial charge < -0.3 is 19.9 Å². The molecule has 2 unspecified atom stereocenters. The molecule has 1 aromatic heterocycles. The normalized spacial score (nSPS) is 23.8. The van der Waals surface area contributed by atoms with Gasteiger partial charge in [-0.2, -0.15) is 0 Å². The molecule has 0 spiro atoms. The van der Waals surface area contributed by atoms with Gasteiger partial charge in [-0.15, -0.1) is 0 Å². The first-order valence-corrected chi connectivity index (χ1v) is 10.8. The van der Waals surface area contributed by atoms with Crippen LogP contribution >= 0.6 is 0 Å². The Kier molecular flexibility index (Phi) is 5.90. The number of fused-ring (bicyclic) bond motifs is 1. The van der Waals surface area contributed by atoms with Crippen LogP contribution in [0.1, 0.15) is 44.5 Å². The molecule has 7 nitrogen and oxygen atoms in total. The fraction of sp³-hybridized carbons (Fsp3) is 0.522. The first-order chi connectivity index (χ1) is 14.5. The van der Waals surface area contributed by atoms with Gasteiger partial charge in [0.2, 0.25) is 5.91 Å². The first kappa shape index (κ1) is 20.6. The third kappa shape index (κ3) is 3.86. The lowest BCUT2D eigenvalue weighted by atomic mass is 9.80. The molecule has 0 saturated carbocycles. The Bertz CT molecular complexity index is 895. The standard InChI is InChI=1S/C23H31N5O2/c1-5-20-16(3)23(26-22-14-24-15(2)13-25-22)19-12-18(27-8-10-30-11-9-27)6-7-21(19)28(20)17(4)29/h6-7,12-14,16,20,23H,5,8-11H2,1-4H3,(H,25,26)/t16?,20-,23?/m0/s1. The molecule has 0 radical (unpaired) electrons. The van der Waals surface area contributed by atoms with Gasteiger partial charge >= 0.3 is 0 Å². The Balaban J connectivity index is 1.77. The summed E-state index contributed by atoms with van der Waals surface area (Å²) in [6.45, 7) is 11.2. The molecular formula is C23H31N5O2. The molecule has 7 heteroatoms. The first-order valence-electron chi connectivity index (χ1n) is 10.8. The van der Waals surface area contributed by atoms with E-state index in [9.17, 15) is 4.79 Å². The van der Waals surface area contributed by atoms with E-state index in [0.717, 1.165) is 55.5 Å². The van der Waals surface area contributed by atoms with Gasteiger partial charge in [-0.25, -0.2) is 4.98 Å². The molecule has 1 fully saturated rings. The van der Waals surface area contributed by atoms with E-state index in [-0.39, 0.29) is 23.9 Å². The maximum Gasteiger partial charge on any atom is 0.224 e. The molecule has 2 aliphatic rings. The maximum absolute atomic E-state index is 12.6. The number of benzene rings is 1. The Hall–Kier alpha value is -2.67. The smallest absolute Gasteiger partial charge is 0.224 e. The van der Waals surface area contributed by atoms with Gasteiger partial charge in [-0.3, -0.25) is 9.78 Å². The molecule has 2 aromatic rings. The largest absolute Gasteiger partial charge is 0.378 e. The van der Waals surface area contributed by atoms with Crippen LogP contribution in [-0.4, -0.2) is 48.2 Å². The number of nitrogens with one attached hydrogen (secondary N) is 1. The average molecular weight is 410 g/mol. The van der Waals surface area contributed by atoms with Crippen molar-refractivity contribution in [2.75, 3.05) is 41.4 Å². The Morgan fingerprint density at radius 1 is 1.23 bits per heavy atom. The zero-order valence-corrected chi connectivity index (χ0v) is 18.3. The van der Waals surface area contributed by atoms with Crippen molar-refractivity contribution in [3.63, 3.8) is 0 Å². The van der Waals surface area contributed by atoms with Crippen LogP contribution in [0.4, 0.5) is 17.2 Å². The molecule has 0 aliphatic carbocycles. The fourth-order valence-electron chi connectivity index (χ4n) is 4.74. The number of rotatable bonds is 4. The molecule has 1 saturated heterocycles. The summed E-state index contributed by atoms with van der Waals surface area (Å²) in [4.78, 5) is 25.8. The van der Waals surface area contributed by atoms with E-state index in [1.165, 1.54) is 5.69 Å². The van der Waals surface area contributed by atoms with Gasteiger partial charge in [-0.05, 0) is 31.5 Å². The molecule has 0 bridgehead atoms. The van der Waals surface area contributed by atoms with Crippen molar-refractivity contribution < 1.29 is 9.53 Å². The van der Waals surface area contributed by atoms with E-state index >= 15 is 0 Å². The highest BCUT2D eigenvalue weighted by molar-refractivity contribution is 5.94. The van der Waals surface area contributed by atoms with E-state index in [0.29, 0.717) is 0 Å². The van der Waals surface area contributed by atoms with Crippen LogP contribution in [0.25, 0.3) is 0 Å². The summed E-state index contributed by atoms with van der Waals surface area (Å²) >= 11 is 0. The number of hydrogen-bond acceptors (Lipinski definition) is 6. The van der Waals surface area contributed by atoms with Crippen LogP contribution in [0.3, 0.4) is 0 Å². The summed E-state index contributed by atoms with van der Waals surface area (Å²) in [5.74, 6) is 1.06. The second-order valence-electron chi connectivity index (χ2n) is 8.23. The van der Waals surface area contributed by atoms with E-state index in [2.05, 4.69) is 52.2 Å². The highest BCUT2D eigenvalue weighted by Crippen LogP contribution is 2.44. The Labute approximate surface area is 178 Å². The van der Waals surface area contributed by atoms with Crippen molar-refractivity contribution in [2.45, 2.75) is 46.2 Å². The fourth-order valence-corrected chi connectivity index (χ4v) is 4.74. The number of ether oxygens (including phenoxy) is 1. The maximum atomic E-state index is 12.6. The van der Waals surface area contributed by atoms with Crippen molar-refractivity contribution in [1.29, 1.82) is 0 Å². The SMILES string of the molecule is CC[C@H]1C(C)C(Nc2cnc(C)cn2)c2cc(N3CCOCC3)ccc2N1C(C)=O. The lowest BCUT2D eigenvalue weighted by molar-refractivity contribution is -0.117. The molecule has 2 aliphatic heterocycles. The molecule has 1 amide bonds. The van der Waals surface area contributed by atoms with Crippen molar-refractivity contribution in [3.05, 3.63) is 41.9 Å². The van der Waals surface area contributed by atoms with Crippen LogP contribution in [0.15, 0.2) is 30.6 Å². The minimum atomic E-state index is 0.0403. The number of anilines is 3. The van der Waals surface area contributed by atoms with E-state index in [4.69, 9.17) is 4.74 Å².